The first-order valence-electron chi connectivity index (χ1n) is 11.1. The van der Waals surface area contributed by atoms with Gasteiger partial charge in [0.15, 0.2) is 5.96 Å². The highest BCUT2D eigenvalue weighted by molar-refractivity contribution is 5.82. The van der Waals surface area contributed by atoms with Gasteiger partial charge in [-0.3, -0.25) is 14.7 Å². The number of nitrogens with zero attached hydrogens (tertiary/aromatic N) is 4. The molecule has 7 nitrogen and oxygen atoms in total. The molecule has 2 atom stereocenters. The molecule has 1 amide bonds. The molecule has 2 rings (SSSR count). The second kappa shape index (κ2) is 11.6. The average molecular weight is 396 g/mol. The molecule has 0 bridgehead atoms. The van der Waals surface area contributed by atoms with Crippen molar-refractivity contribution in [1.29, 1.82) is 0 Å². The van der Waals surface area contributed by atoms with E-state index in [-0.39, 0.29) is 12.1 Å². The van der Waals surface area contributed by atoms with E-state index in [2.05, 4.69) is 47.8 Å². The number of piperazine rings is 1. The van der Waals surface area contributed by atoms with E-state index in [1.165, 1.54) is 0 Å². The first kappa shape index (κ1) is 22.9. The summed E-state index contributed by atoms with van der Waals surface area (Å²) in [7, 11) is 1.84. The highest BCUT2D eigenvalue weighted by Crippen LogP contribution is 2.14. The molecule has 0 aromatic rings. The third kappa shape index (κ3) is 6.34. The molecule has 0 aliphatic carbocycles. The number of nitrogens with one attached hydrogen (secondary N) is 1. The molecule has 0 spiro atoms. The van der Waals surface area contributed by atoms with Crippen LogP contribution in [0, 0.1) is 5.92 Å². The van der Waals surface area contributed by atoms with E-state index in [4.69, 9.17) is 4.74 Å². The fourth-order valence-electron chi connectivity index (χ4n) is 4.16. The zero-order chi connectivity index (χ0) is 20.5. The molecule has 162 valence electrons. The Morgan fingerprint density at radius 3 is 2.21 bits per heavy atom. The summed E-state index contributed by atoms with van der Waals surface area (Å²) >= 11 is 0. The molecule has 0 aromatic carbocycles. The Kier molecular flexibility index (Phi) is 9.51. The van der Waals surface area contributed by atoms with Crippen molar-refractivity contribution >= 4 is 11.9 Å². The van der Waals surface area contributed by atoms with Crippen LogP contribution in [-0.4, -0.2) is 98.2 Å². The SMILES string of the molecule is CCOC(CCNC(=NC)N1CCN(C(C)C(=O)N2CCCC2)CC1)C(C)C. The van der Waals surface area contributed by atoms with Gasteiger partial charge in [-0.15, -0.1) is 0 Å². The normalized spacial score (nSPS) is 21.3. The molecule has 1 N–H and O–H groups in total. The minimum atomic E-state index is -0.0202. The van der Waals surface area contributed by atoms with Gasteiger partial charge in [0.2, 0.25) is 5.91 Å². The predicted octanol–water partition coefficient (Wildman–Crippen LogP) is 1.64. The Labute approximate surface area is 171 Å². The Hall–Kier alpha value is -1.34. The number of amides is 1. The van der Waals surface area contributed by atoms with Crippen LogP contribution in [0.15, 0.2) is 4.99 Å². The van der Waals surface area contributed by atoms with Crippen molar-refractivity contribution in [3.63, 3.8) is 0 Å². The summed E-state index contributed by atoms with van der Waals surface area (Å²) < 4.78 is 5.83. The number of carbonyl (C=O) groups is 1. The zero-order valence-electron chi connectivity index (χ0n) is 18.6. The quantitative estimate of drug-likeness (QED) is 0.500. The fraction of sp³-hybridized carbons (Fsp3) is 0.905. The van der Waals surface area contributed by atoms with E-state index in [1.54, 1.807) is 0 Å². The van der Waals surface area contributed by atoms with E-state index in [9.17, 15) is 4.79 Å². The fourth-order valence-corrected chi connectivity index (χ4v) is 4.16. The third-order valence-electron chi connectivity index (χ3n) is 5.98. The van der Waals surface area contributed by atoms with Gasteiger partial charge < -0.3 is 19.9 Å². The average Bonchev–Trinajstić information content (AvgIpc) is 3.24. The molecule has 0 aromatic heterocycles. The highest BCUT2D eigenvalue weighted by atomic mass is 16.5. The second-order valence-corrected chi connectivity index (χ2v) is 8.23. The lowest BCUT2D eigenvalue weighted by Crippen LogP contribution is -2.57. The van der Waals surface area contributed by atoms with E-state index in [0.29, 0.717) is 11.8 Å². The number of hydrogen-bond donors (Lipinski definition) is 1. The maximum absolute atomic E-state index is 12.7. The summed E-state index contributed by atoms with van der Waals surface area (Å²) in [5, 5.41) is 3.50. The summed E-state index contributed by atoms with van der Waals surface area (Å²) in [5.74, 6) is 1.77. The Bertz CT molecular complexity index is 497. The molecular weight excluding hydrogens is 354 g/mol. The lowest BCUT2D eigenvalue weighted by atomic mass is 10.0. The number of rotatable bonds is 8. The van der Waals surface area contributed by atoms with Crippen LogP contribution in [0.2, 0.25) is 0 Å². The summed E-state index contributed by atoms with van der Waals surface area (Å²) in [5.41, 5.74) is 0. The second-order valence-electron chi connectivity index (χ2n) is 8.23. The molecule has 2 aliphatic rings. The number of hydrogen-bond acceptors (Lipinski definition) is 4. The van der Waals surface area contributed by atoms with Crippen molar-refractivity contribution in [2.24, 2.45) is 10.9 Å². The molecule has 2 fully saturated rings. The molecule has 2 unspecified atom stereocenters. The molecule has 28 heavy (non-hydrogen) atoms. The number of likely N-dealkylation sites (tertiary alicyclic amines) is 1. The maximum Gasteiger partial charge on any atom is 0.239 e. The first-order chi connectivity index (χ1) is 13.5. The lowest BCUT2D eigenvalue weighted by Gasteiger charge is -2.39. The van der Waals surface area contributed by atoms with Crippen molar-refractivity contribution < 1.29 is 9.53 Å². The highest BCUT2D eigenvalue weighted by Gasteiger charge is 2.30. The largest absolute Gasteiger partial charge is 0.378 e. The molecule has 2 aliphatic heterocycles. The van der Waals surface area contributed by atoms with Crippen LogP contribution in [0.25, 0.3) is 0 Å². The van der Waals surface area contributed by atoms with E-state index in [0.717, 1.165) is 77.6 Å². The summed E-state index contributed by atoms with van der Waals surface area (Å²) in [6.07, 6.45) is 3.56. The monoisotopic (exact) mass is 395 g/mol. The summed E-state index contributed by atoms with van der Waals surface area (Å²) in [4.78, 5) is 23.8. The summed E-state index contributed by atoms with van der Waals surface area (Å²) in [6, 6.07) is -0.0202. The van der Waals surface area contributed by atoms with Gasteiger partial charge in [0, 0.05) is 59.5 Å². The van der Waals surface area contributed by atoms with Crippen molar-refractivity contribution in [1.82, 2.24) is 20.0 Å². The van der Waals surface area contributed by atoms with Crippen molar-refractivity contribution in [2.45, 2.75) is 59.1 Å². The van der Waals surface area contributed by atoms with Gasteiger partial charge in [-0.05, 0) is 39.0 Å². The minimum absolute atomic E-state index is 0.0202. The zero-order valence-corrected chi connectivity index (χ0v) is 18.6. The molecule has 7 heteroatoms. The van der Waals surface area contributed by atoms with Gasteiger partial charge in [-0.2, -0.15) is 0 Å². The van der Waals surface area contributed by atoms with Crippen molar-refractivity contribution in [3.8, 4) is 0 Å². The molecule has 2 heterocycles. The van der Waals surface area contributed by atoms with Crippen LogP contribution in [-0.2, 0) is 9.53 Å². The first-order valence-corrected chi connectivity index (χ1v) is 11.1. The van der Waals surface area contributed by atoms with Gasteiger partial charge in [0.1, 0.15) is 0 Å². The van der Waals surface area contributed by atoms with E-state index in [1.807, 2.05) is 11.9 Å². The van der Waals surface area contributed by atoms with Crippen LogP contribution in [0.1, 0.15) is 47.0 Å². The number of carbonyl (C=O) groups excluding carboxylic acids is 1. The van der Waals surface area contributed by atoms with Gasteiger partial charge in [0.25, 0.3) is 0 Å². The molecular formula is C21H41N5O2. The Morgan fingerprint density at radius 2 is 1.68 bits per heavy atom. The predicted molar refractivity (Wildman–Crippen MR) is 115 cm³/mol. The number of aliphatic imine (C=N–C) groups is 1. The Morgan fingerprint density at radius 1 is 1.04 bits per heavy atom. The van der Waals surface area contributed by atoms with E-state index >= 15 is 0 Å². The topological polar surface area (TPSA) is 60.4 Å². The van der Waals surface area contributed by atoms with Crippen molar-refractivity contribution in [3.05, 3.63) is 0 Å². The van der Waals surface area contributed by atoms with Crippen LogP contribution < -0.4 is 5.32 Å². The van der Waals surface area contributed by atoms with Crippen LogP contribution >= 0.6 is 0 Å². The maximum atomic E-state index is 12.7. The standard InChI is InChI=1S/C21H41N5O2/c1-6-28-19(17(2)3)9-10-23-21(22-5)26-15-13-24(14-16-26)18(4)20(27)25-11-7-8-12-25/h17-19H,6-16H2,1-5H3,(H,22,23). The van der Waals surface area contributed by atoms with Crippen molar-refractivity contribution in [2.75, 3.05) is 59.5 Å². The summed E-state index contributed by atoms with van der Waals surface area (Å²) in [6.45, 7) is 15.6. The lowest BCUT2D eigenvalue weighted by molar-refractivity contribution is -0.135. The van der Waals surface area contributed by atoms with Crippen LogP contribution in [0.4, 0.5) is 0 Å². The number of guanidine groups is 1. The molecule has 0 radical (unpaired) electrons. The number of ether oxygens (including phenoxy) is 1. The molecule has 0 saturated carbocycles. The van der Waals surface area contributed by atoms with Crippen LogP contribution in [0.5, 0.6) is 0 Å². The van der Waals surface area contributed by atoms with E-state index < -0.39 is 0 Å². The van der Waals surface area contributed by atoms with Gasteiger partial charge in [-0.25, -0.2) is 0 Å². The Balaban J connectivity index is 1.76. The third-order valence-corrected chi connectivity index (χ3v) is 5.98. The van der Waals surface area contributed by atoms with Gasteiger partial charge in [-0.1, -0.05) is 13.8 Å². The molecule has 2 saturated heterocycles. The van der Waals surface area contributed by atoms with Gasteiger partial charge in [0.05, 0.1) is 12.1 Å². The minimum Gasteiger partial charge on any atom is -0.378 e. The van der Waals surface area contributed by atoms with Crippen LogP contribution in [0.3, 0.4) is 0 Å². The smallest absolute Gasteiger partial charge is 0.239 e. The van der Waals surface area contributed by atoms with Gasteiger partial charge >= 0.3 is 0 Å².